The first-order chi connectivity index (χ1) is 13.2. The van der Waals surface area contributed by atoms with Crippen molar-refractivity contribution >= 4 is 39.2 Å². The zero-order chi connectivity index (χ0) is 18.6. The van der Waals surface area contributed by atoms with Crippen LogP contribution in [0.15, 0.2) is 74.5 Å². The molecular formula is C19H15N3O3S2. The van der Waals surface area contributed by atoms with Crippen molar-refractivity contribution in [3.63, 3.8) is 0 Å². The molecule has 0 saturated heterocycles. The summed E-state index contributed by atoms with van der Waals surface area (Å²) in [4.78, 5) is 29.7. The molecule has 1 aromatic carbocycles. The number of thiophene rings is 1. The molecule has 0 radical (unpaired) electrons. The van der Waals surface area contributed by atoms with E-state index in [0.717, 1.165) is 5.69 Å². The molecule has 0 aliphatic rings. The third-order valence-electron chi connectivity index (χ3n) is 3.84. The van der Waals surface area contributed by atoms with Gasteiger partial charge in [-0.05, 0) is 35.7 Å². The summed E-state index contributed by atoms with van der Waals surface area (Å²) in [6.45, 7) is 0.328. The molecule has 0 aliphatic carbocycles. The minimum Gasteiger partial charge on any atom is -0.467 e. The van der Waals surface area contributed by atoms with E-state index >= 15 is 0 Å². The van der Waals surface area contributed by atoms with Gasteiger partial charge in [0.1, 0.15) is 10.5 Å². The number of aromatic nitrogens is 2. The largest absolute Gasteiger partial charge is 0.467 e. The molecule has 3 aromatic heterocycles. The van der Waals surface area contributed by atoms with Crippen molar-refractivity contribution < 1.29 is 9.21 Å². The van der Waals surface area contributed by atoms with Crippen LogP contribution in [0.3, 0.4) is 0 Å². The second kappa shape index (κ2) is 7.81. The Kier molecular flexibility index (Phi) is 5.08. The average molecular weight is 397 g/mol. The summed E-state index contributed by atoms with van der Waals surface area (Å²) < 4.78 is 7.36. The Morgan fingerprint density at radius 3 is 2.81 bits per heavy atom. The molecule has 0 bridgehead atoms. The highest BCUT2D eigenvalue weighted by Crippen LogP contribution is 2.23. The third kappa shape index (κ3) is 3.81. The average Bonchev–Trinajstić information content (AvgIpc) is 3.37. The molecular weight excluding hydrogens is 382 g/mol. The number of rotatable bonds is 6. The summed E-state index contributed by atoms with van der Waals surface area (Å²) in [5.41, 5.74) is 1.25. The van der Waals surface area contributed by atoms with E-state index in [2.05, 4.69) is 10.3 Å². The van der Waals surface area contributed by atoms with Crippen molar-refractivity contribution in [1.82, 2.24) is 14.9 Å². The molecule has 8 heteroatoms. The van der Waals surface area contributed by atoms with Gasteiger partial charge in [0.05, 0.1) is 29.8 Å². The highest BCUT2D eigenvalue weighted by Gasteiger charge is 2.15. The summed E-state index contributed by atoms with van der Waals surface area (Å²) in [5.74, 6) is 0.679. The molecule has 0 aliphatic heterocycles. The number of thioether (sulfide) groups is 1. The minimum absolute atomic E-state index is 0.125. The van der Waals surface area contributed by atoms with Crippen molar-refractivity contribution in [2.24, 2.45) is 0 Å². The smallest absolute Gasteiger partial charge is 0.276 e. The molecule has 1 N–H and O–H groups in total. The van der Waals surface area contributed by atoms with Crippen LogP contribution in [-0.4, -0.2) is 21.2 Å². The monoisotopic (exact) mass is 397 g/mol. The van der Waals surface area contributed by atoms with Crippen molar-refractivity contribution in [3.8, 4) is 5.69 Å². The van der Waals surface area contributed by atoms with E-state index in [1.54, 1.807) is 23.0 Å². The fraction of sp³-hybridized carbons (Fsp3) is 0.105. The molecule has 1 amide bonds. The molecule has 0 fully saturated rings. The molecule has 4 aromatic rings. The molecule has 0 atom stereocenters. The van der Waals surface area contributed by atoms with Crippen molar-refractivity contribution in [3.05, 3.63) is 76.3 Å². The first-order valence-electron chi connectivity index (χ1n) is 8.20. The highest BCUT2D eigenvalue weighted by atomic mass is 32.2. The molecule has 0 spiro atoms. The van der Waals surface area contributed by atoms with Crippen LogP contribution in [0.1, 0.15) is 5.76 Å². The maximum atomic E-state index is 12.9. The Balaban J connectivity index is 1.59. The van der Waals surface area contributed by atoms with Crippen LogP contribution in [0.25, 0.3) is 15.9 Å². The number of benzene rings is 1. The number of hydrogen-bond donors (Lipinski definition) is 1. The molecule has 0 unspecified atom stereocenters. The van der Waals surface area contributed by atoms with Crippen LogP contribution in [0.5, 0.6) is 0 Å². The van der Waals surface area contributed by atoms with Gasteiger partial charge in [-0.3, -0.25) is 14.2 Å². The molecule has 136 valence electrons. The summed E-state index contributed by atoms with van der Waals surface area (Å²) in [6, 6.07) is 14.7. The molecule has 27 heavy (non-hydrogen) atoms. The van der Waals surface area contributed by atoms with Crippen LogP contribution in [0.4, 0.5) is 0 Å². The Labute approximate surface area is 162 Å². The van der Waals surface area contributed by atoms with Crippen LogP contribution in [0, 0.1) is 0 Å². The van der Waals surface area contributed by atoms with E-state index in [1.807, 2.05) is 41.8 Å². The second-order valence-electron chi connectivity index (χ2n) is 5.65. The lowest BCUT2D eigenvalue weighted by Crippen LogP contribution is -2.26. The van der Waals surface area contributed by atoms with Crippen molar-refractivity contribution in [1.29, 1.82) is 0 Å². The Hall–Kier alpha value is -2.84. The lowest BCUT2D eigenvalue weighted by atomic mass is 10.3. The lowest BCUT2D eigenvalue weighted by Gasteiger charge is -2.11. The number of carbonyl (C=O) groups excluding carboxylic acids is 1. The van der Waals surface area contributed by atoms with E-state index < -0.39 is 0 Å². The van der Waals surface area contributed by atoms with E-state index in [1.165, 1.54) is 23.1 Å². The zero-order valence-corrected chi connectivity index (χ0v) is 15.8. The van der Waals surface area contributed by atoms with Gasteiger partial charge in [0.2, 0.25) is 5.91 Å². The SMILES string of the molecule is O=C(CSc1nc2ccsc2c(=O)n1-c1ccccc1)NCc1ccco1. The number of amides is 1. The number of hydrogen-bond acceptors (Lipinski definition) is 6. The predicted molar refractivity (Wildman–Crippen MR) is 106 cm³/mol. The van der Waals surface area contributed by atoms with Gasteiger partial charge in [-0.25, -0.2) is 4.98 Å². The highest BCUT2D eigenvalue weighted by molar-refractivity contribution is 7.99. The summed E-state index contributed by atoms with van der Waals surface area (Å²) in [6.07, 6.45) is 1.56. The fourth-order valence-corrected chi connectivity index (χ4v) is 4.18. The maximum Gasteiger partial charge on any atom is 0.276 e. The summed E-state index contributed by atoms with van der Waals surface area (Å²) in [5, 5.41) is 5.13. The Morgan fingerprint density at radius 1 is 1.19 bits per heavy atom. The van der Waals surface area contributed by atoms with Crippen molar-refractivity contribution in [2.45, 2.75) is 11.7 Å². The normalized spacial score (nSPS) is 11.0. The van der Waals surface area contributed by atoms with E-state index in [4.69, 9.17) is 4.42 Å². The lowest BCUT2D eigenvalue weighted by molar-refractivity contribution is -0.118. The van der Waals surface area contributed by atoms with E-state index in [9.17, 15) is 9.59 Å². The zero-order valence-electron chi connectivity index (χ0n) is 14.1. The molecule has 6 nitrogen and oxygen atoms in total. The van der Waals surface area contributed by atoms with Gasteiger partial charge in [-0.15, -0.1) is 11.3 Å². The quantitative estimate of drug-likeness (QED) is 0.398. The summed E-state index contributed by atoms with van der Waals surface area (Å²) in [7, 11) is 0. The van der Waals surface area contributed by atoms with Crippen molar-refractivity contribution in [2.75, 3.05) is 5.75 Å². The number of furan rings is 1. The van der Waals surface area contributed by atoms with Crippen LogP contribution in [-0.2, 0) is 11.3 Å². The van der Waals surface area contributed by atoms with Gasteiger partial charge in [0, 0.05) is 0 Å². The molecule has 0 saturated carbocycles. The van der Waals surface area contributed by atoms with E-state index in [0.29, 0.717) is 27.7 Å². The third-order valence-corrected chi connectivity index (χ3v) is 5.67. The van der Waals surface area contributed by atoms with Gasteiger partial charge in [0.25, 0.3) is 5.56 Å². The number of fused-ring (bicyclic) bond motifs is 1. The number of para-hydroxylation sites is 1. The Bertz CT molecular complexity index is 1120. The maximum absolute atomic E-state index is 12.9. The topological polar surface area (TPSA) is 77.1 Å². The molecule has 4 rings (SSSR count). The van der Waals surface area contributed by atoms with E-state index in [-0.39, 0.29) is 17.2 Å². The Morgan fingerprint density at radius 2 is 2.04 bits per heavy atom. The number of nitrogens with one attached hydrogen (secondary N) is 1. The van der Waals surface area contributed by atoms with Gasteiger partial charge < -0.3 is 9.73 Å². The van der Waals surface area contributed by atoms with Crippen LogP contribution in [0.2, 0.25) is 0 Å². The van der Waals surface area contributed by atoms with Crippen LogP contribution >= 0.6 is 23.1 Å². The fourth-order valence-electron chi connectivity index (χ4n) is 2.57. The molecule has 3 heterocycles. The van der Waals surface area contributed by atoms with Gasteiger partial charge in [-0.1, -0.05) is 30.0 Å². The first kappa shape index (κ1) is 17.6. The minimum atomic E-state index is -0.157. The number of nitrogens with zero attached hydrogens (tertiary/aromatic N) is 2. The number of carbonyl (C=O) groups is 1. The predicted octanol–water partition coefficient (Wildman–Crippen LogP) is 3.45. The van der Waals surface area contributed by atoms with Gasteiger partial charge in [0.15, 0.2) is 5.16 Å². The second-order valence-corrected chi connectivity index (χ2v) is 7.51. The summed E-state index contributed by atoms with van der Waals surface area (Å²) >= 11 is 2.60. The first-order valence-corrected chi connectivity index (χ1v) is 10.1. The van der Waals surface area contributed by atoms with Gasteiger partial charge >= 0.3 is 0 Å². The van der Waals surface area contributed by atoms with Crippen LogP contribution < -0.4 is 10.9 Å². The standard InChI is InChI=1S/C19H15N3O3S2/c23-16(20-11-14-7-4-9-25-14)12-27-19-21-15-8-10-26-17(15)18(24)22(19)13-5-2-1-3-6-13/h1-10H,11-12H2,(H,20,23). The van der Waals surface area contributed by atoms with Gasteiger partial charge in [-0.2, -0.15) is 0 Å².